The molecular weight excluding hydrogens is 336 g/mol. The van der Waals surface area contributed by atoms with E-state index in [1.807, 2.05) is 12.1 Å². The highest BCUT2D eigenvalue weighted by Gasteiger charge is 2.44. The number of rotatable bonds is 3. The molecule has 1 N–H and O–H groups in total. The number of carbonyl (C=O) groups is 1. The standard InChI is InChI=1S/C18H24N4O2S/c23-17-15-10-14(21-6-8-24-9-7-21)3-4-16(15)20-18(25)22(17)12-13-2-1-5-19-11-13/h1-2,5,11,14-16H,3-4,6-10,12H2,(H,20,25). The highest BCUT2D eigenvalue weighted by Crippen LogP contribution is 2.33. The number of aromatic nitrogens is 1. The molecule has 0 aromatic carbocycles. The summed E-state index contributed by atoms with van der Waals surface area (Å²) in [5, 5.41) is 3.97. The fraction of sp³-hybridized carbons (Fsp3) is 0.611. The fourth-order valence-electron chi connectivity index (χ4n) is 4.23. The molecule has 1 amide bonds. The quantitative estimate of drug-likeness (QED) is 0.817. The lowest BCUT2D eigenvalue weighted by Gasteiger charge is -2.46. The van der Waals surface area contributed by atoms with E-state index in [1.54, 1.807) is 17.3 Å². The molecule has 1 aliphatic carbocycles. The van der Waals surface area contributed by atoms with Crippen molar-refractivity contribution in [1.29, 1.82) is 0 Å². The maximum Gasteiger partial charge on any atom is 0.234 e. The van der Waals surface area contributed by atoms with Gasteiger partial charge in [-0.15, -0.1) is 0 Å². The van der Waals surface area contributed by atoms with Crippen LogP contribution in [0.25, 0.3) is 0 Å². The van der Waals surface area contributed by atoms with Crippen LogP contribution in [0.4, 0.5) is 0 Å². The van der Waals surface area contributed by atoms with Crippen LogP contribution in [0.5, 0.6) is 0 Å². The number of nitrogens with zero attached hydrogens (tertiary/aromatic N) is 3. The van der Waals surface area contributed by atoms with Gasteiger partial charge in [-0.1, -0.05) is 6.07 Å². The number of fused-ring (bicyclic) bond motifs is 1. The molecule has 1 aromatic rings. The third-order valence-corrected chi connectivity index (χ3v) is 5.92. The number of hydrogen-bond donors (Lipinski definition) is 1. The Hall–Kier alpha value is -1.57. The van der Waals surface area contributed by atoms with Crippen LogP contribution >= 0.6 is 12.2 Å². The lowest BCUT2D eigenvalue weighted by molar-refractivity contribution is -0.136. The Bertz CT molecular complexity index is 635. The van der Waals surface area contributed by atoms with Crippen molar-refractivity contribution < 1.29 is 9.53 Å². The molecule has 0 bridgehead atoms. The van der Waals surface area contributed by atoms with E-state index in [9.17, 15) is 4.79 Å². The van der Waals surface area contributed by atoms with Crippen LogP contribution in [0.2, 0.25) is 0 Å². The fourth-order valence-corrected chi connectivity index (χ4v) is 4.53. The highest BCUT2D eigenvalue weighted by atomic mass is 32.1. The average molecular weight is 360 g/mol. The predicted octanol–water partition coefficient (Wildman–Crippen LogP) is 1.17. The van der Waals surface area contributed by atoms with Crippen LogP contribution < -0.4 is 5.32 Å². The molecule has 7 heteroatoms. The summed E-state index contributed by atoms with van der Waals surface area (Å²) >= 11 is 5.47. The largest absolute Gasteiger partial charge is 0.379 e. The monoisotopic (exact) mass is 360 g/mol. The Kier molecular flexibility index (Phi) is 4.96. The molecule has 1 saturated carbocycles. The van der Waals surface area contributed by atoms with E-state index in [-0.39, 0.29) is 17.9 Å². The van der Waals surface area contributed by atoms with Gasteiger partial charge in [-0.3, -0.25) is 19.6 Å². The summed E-state index contributed by atoms with van der Waals surface area (Å²) in [7, 11) is 0. The molecule has 3 atom stereocenters. The van der Waals surface area contributed by atoms with E-state index in [0.717, 1.165) is 51.1 Å². The first-order valence-corrected chi connectivity index (χ1v) is 9.46. The number of nitrogens with one attached hydrogen (secondary N) is 1. The van der Waals surface area contributed by atoms with Gasteiger partial charge in [0.05, 0.1) is 25.7 Å². The van der Waals surface area contributed by atoms with E-state index in [4.69, 9.17) is 17.0 Å². The van der Waals surface area contributed by atoms with Gasteiger partial charge in [-0.2, -0.15) is 0 Å². The highest BCUT2D eigenvalue weighted by molar-refractivity contribution is 7.80. The van der Waals surface area contributed by atoms with Crippen LogP contribution in [0, 0.1) is 5.92 Å². The van der Waals surface area contributed by atoms with Gasteiger partial charge in [-0.25, -0.2) is 0 Å². The second-order valence-electron chi connectivity index (χ2n) is 7.06. The first-order valence-electron chi connectivity index (χ1n) is 9.05. The van der Waals surface area contributed by atoms with Gasteiger partial charge in [0.15, 0.2) is 5.11 Å². The van der Waals surface area contributed by atoms with Crippen LogP contribution in [0.15, 0.2) is 24.5 Å². The lowest BCUT2D eigenvalue weighted by Crippen LogP contribution is -2.62. The second-order valence-corrected chi connectivity index (χ2v) is 7.45. The number of morpholine rings is 1. The molecule has 2 aliphatic heterocycles. The van der Waals surface area contributed by atoms with E-state index in [0.29, 0.717) is 17.7 Å². The number of thiocarbonyl (C=S) groups is 1. The molecular formula is C18H24N4O2S. The zero-order chi connectivity index (χ0) is 17.2. The number of pyridine rings is 1. The van der Waals surface area contributed by atoms with Gasteiger partial charge >= 0.3 is 0 Å². The van der Waals surface area contributed by atoms with E-state index >= 15 is 0 Å². The topological polar surface area (TPSA) is 57.7 Å². The Morgan fingerprint density at radius 1 is 1.32 bits per heavy atom. The summed E-state index contributed by atoms with van der Waals surface area (Å²) in [5.41, 5.74) is 0.999. The number of ether oxygens (including phenoxy) is 1. The molecule has 1 aromatic heterocycles. The van der Waals surface area contributed by atoms with Crippen molar-refractivity contribution in [3.05, 3.63) is 30.1 Å². The predicted molar refractivity (Wildman–Crippen MR) is 97.8 cm³/mol. The van der Waals surface area contributed by atoms with Gasteiger partial charge in [-0.05, 0) is 43.1 Å². The molecule has 2 saturated heterocycles. The van der Waals surface area contributed by atoms with Crippen LogP contribution in [-0.2, 0) is 16.1 Å². The molecule has 0 radical (unpaired) electrons. The van der Waals surface area contributed by atoms with Crippen molar-refractivity contribution in [2.24, 2.45) is 5.92 Å². The van der Waals surface area contributed by atoms with Crippen molar-refractivity contribution in [2.75, 3.05) is 26.3 Å². The first kappa shape index (κ1) is 16.9. The lowest BCUT2D eigenvalue weighted by atomic mass is 9.79. The third-order valence-electron chi connectivity index (χ3n) is 5.59. The van der Waals surface area contributed by atoms with Gasteiger partial charge in [0.1, 0.15) is 0 Å². The summed E-state index contributed by atoms with van der Waals surface area (Å²) in [6, 6.07) is 4.52. The molecule has 25 heavy (non-hydrogen) atoms. The summed E-state index contributed by atoms with van der Waals surface area (Å²) in [6.45, 7) is 4.04. The van der Waals surface area contributed by atoms with Crippen molar-refractivity contribution in [3.8, 4) is 0 Å². The maximum atomic E-state index is 13.1. The van der Waals surface area contributed by atoms with Gasteiger partial charge < -0.3 is 10.1 Å². The zero-order valence-corrected chi connectivity index (χ0v) is 15.1. The Morgan fingerprint density at radius 2 is 2.16 bits per heavy atom. The minimum absolute atomic E-state index is 0.00460. The Balaban J connectivity index is 1.46. The van der Waals surface area contributed by atoms with Crippen LogP contribution in [-0.4, -0.2) is 64.2 Å². The van der Waals surface area contributed by atoms with Crippen molar-refractivity contribution in [1.82, 2.24) is 20.1 Å². The Morgan fingerprint density at radius 3 is 2.92 bits per heavy atom. The van der Waals surface area contributed by atoms with Crippen LogP contribution in [0.3, 0.4) is 0 Å². The number of hydrogen-bond acceptors (Lipinski definition) is 5. The van der Waals surface area contributed by atoms with E-state index in [1.165, 1.54) is 0 Å². The van der Waals surface area contributed by atoms with Gasteiger partial charge in [0, 0.05) is 37.6 Å². The second kappa shape index (κ2) is 7.35. The molecule has 6 nitrogen and oxygen atoms in total. The maximum absolute atomic E-state index is 13.1. The summed E-state index contributed by atoms with van der Waals surface area (Å²) < 4.78 is 5.46. The third kappa shape index (κ3) is 3.54. The van der Waals surface area contributed by atoms with Crippen molar-refractivity contribution in [2.45, 2.75) is 37.9 Å². The summed E-state index contributed by atoms with van der Waals surface area (Å²) in [6.07, 6.45) is 6.55. The van der Waals surface area contributed by atoms with Crippen molar-refractivity contribution >= 4 is 23.2 Å². The first-order chi connectivity index (χ1) is 12.2. The van der Waals surface area contributed by atoms with E-state index in [2.05, 4.69) is 15.2 Å². The SMILES string of the molecule is O=C1C2CC(N3CCOCC3)CCC2NC(=S)N1Cc1cccnc1. The number of carbonyl (C=O) groups excluding carboxylic acids is 1. The van der Waals surface area contributed by atoms with Gasteiger partial charge in [0.2, 0.25) is 5.91 Å². The molecule has 3 fully saturated rings. The molecule has 0 spiro atoms. The number of amides is 1. The minimum Gasteiger partial charge on any atom is -0.379 e. The van der Waals surface area contributed by atoms with E-state index < -0.39 is 0 Å². The smallest absolute Gasteiger partial charge is 0.234 e. The molecule has 3 unspecified atom stereocenters. The van der Waals surface area contributed by atoms with Gasteiger partial charge in [0.25, 0.3) is 0 Å². The molecule has 3 heterocycles. The Labute approximate surface area is 153 Å². The van der Waals surface area contributed by atoms with Crippen LogP contribution in [0.1, 0.15) is 24.8 Å². The molecule has 4 rings (SSSR count). The van der Waals surface area contributed by atoms with Crippen molar-refractivity contribution in [3.63, 3.8) is 0 Å². The minimum atomic E-state index is 0.00460. The summed E-state index contributed by atoms with van der Waals surface area (Å²) in [5.74, 6) is 0.167. The zero-order valence-electron chi connectivity index (χ0n) is 14.3. The molecule has 3 aliphatic rings. The molecule has 134 valence electrons. The average Bonchev–Trinajstić information content (AvgIpc) is 2.66. The normalized spacial score (nSPS) is 30.7. The summed E-state index contributed by atoms with van der Waals surface area (Å²) in [4.78, 5) is 21.5.